The highest BCUT2D eigenvalue weighted by Gasteiger charge is 2.05. The van der Waals surface area contributed by atoms with E-state index in [4.69, 9.17) is 0 Å². The monoisotopic (exact) mass is 367 g/mol. The van der Waals surface area contributed by atoms with E-state index in [-0.39, 0.29) is 5.82 Å². The van der Waals surface area contributed by atoms with Crippen LogP contribution in [0, 0.1) is 12.7 Å². The minimum Gasteiger partial charge on any atom is -0.361 e. The first kappa shape index (κ1) is 18.9. The molecule has 3 aromatic rings. The van der Waals surface area contributed by atoms with Crippen molar-refractivity contribution in [3.8, 4) is 0 Å². The Labute approximate surface area is 159 Å². The van der Waals surface area contributed by atoms with Crippen molar-refractivity contribution in [3.63, 3.8) is 0 Å². The van der Waals surface area contributed by atoms with E-state index in [1.807, 2.05) is 31.6 Å². The third kappa shape index (κ3) is 5.06. The number of benzene rings is 1. The molecule has 0 saturated carbocycles. The molecule has 0 aliphatic carbocycles. The number of rotatable bonds is 7. The van der Waals surface area contributed by atoms with Crippen molar-refractivity contribution in [2.75, 3.05) is 19.6 Å². The average Bonchev–Trinajstić information content (AvgIpc) is 3.05. The van der Waals surface area contributed by atoms with Crippen LogP contribution in [0.3, 0.4) is 0 Å². The second-order valence-electron chi connectivity index (χ2n) is 6.49. The second-order valence-corrected chi connectivity index (χ2v) is 6.49. The van der Waals surface area contributed by atoms with Gasteiger partial charge in [0, 0.05) is 49.1 Å². The zero-order valence-electron chi connectivity index (χ0n) is 15.8. The number of aryl methyl sites for hydroxylation is 1. The molecule has 0 spiro atoms. The molecule has 27 heavy (non-hydrogen) atoms. The molecule has 1 aromatic carbocycles. The Morgan fingerprint density at radius 1 is 1.19 bits per heavy atom. The van der Waals surface area contributed by atoms with Crippen molar-refractivity contribution in [2.24, 2.45) is 4.99 Å². The van der Waals surface area contributed by atoms with Crippen LogP contribution in [0.4, 0.5) is 4.39 Å². The van der Waals surface area contributed by atoms with Gasteiger partial charge in [0.15, 0.2) is 5.96 Å². The van der Waals surface area contributed by atoms with Gasteiger partial charge in [-0.1, -0.05) is 0 Å². The molecule has 0 amide bonds. The van der Waals surface area contributed by atoms with Gasteiger partial charge in [-0.2, -0.15) is 0 Å². The number of aromatic nitrogens is 2. The third-order valence-electron chi connectivity index (χ3n) is 4.55. The zero-order valence-corrected chi connectivity index (χ0v) is 15.8. The van der Waals surface area contributed by atoms with Crippen molar-refractivity contribution in [2.45, 2.75) is 26.7 Å². The lowest BCUT2D eigenvalue weighted by Gasteiger charge is -2.11. The molecule has 0 atom stereocenters. The molecule has 0 bridgehead atoms. The summed E-state index contributed by atoms with van der Waals surface area (Å²) in [6, 6.07) is 6.87. The Kier molecular flexibility index (Phi) is 6.41. The van der Waals surface area contributed by atoms with Crippen molar-refractivity contribution < 1.29 is 4.39 Å². The largest absolute Gasteiger partial charge is 0.361 e. The van der Waals surface area contributed by atoms with E-state index in [2.05, 4.69) is 32.5 Å². The minimum absolute atomic E-state index is 0.211. The topological polar surface area (TPSA) is 65.1 Å². The van der Waals surface area contributed by atoms with Crippen LogP contribution in [-0.4, -0.2) is 35.6 Å². The first-order valence-corrected chi connectivity index (χ1v) is 9.34. The fourth-order valence-electron chi connectivity index (χ4n) is 3.09. The van der Waals surface area contributed by atoms with Crippen LogP contribution in [0.15, 0.2) is 47.8 Å². The van der Waals surface area contributed by atoms with Crippen LogP contribution >= 0.6 is 0 Å². The van der Waals surface area contributed by atoms with Crippen molar-refractivity contribution >= 4 is 16.9 Å². The lowest BCUT2D eigenvalue weighted by atomic mass is 10.1. The summed E-state index contributed by atoms with van der Waals surface area (Å²) < 4.78 is 13.5. The number of hydrogen-bond acceptors (Lipinski definition) is 2. The Balaban J connectivity index is 1.56. The SMILES string of the molecule is CCNC(=NCCc1ccncc1C)NCCc1c[nH]c2ccc(F)cc12. The van der Waals surface area contributed by atoms with Crippen LogP contribution < -0.4 is 10.6 Å². The van der Waals surface area contributed by atoms with E-state index in [1.54, 1.807) is 12.1 Å². The normalized spacial score (nSPS) is 11.7. The highest BCUT2D eigenvalue weighted by atomic mass is 19.1. The lowest BCUT2D eigenvalue weighted by molar-refractivity contribution is 0.629. The van der Waals surface area contributed by atoms with Crippen LogP contribution in [-0.2, 0) is 12.8 Å². The zero-order chi connectivity index (χ0) is 19.1. The molecule has 2 aromatic heterocycles. The van der Waals surface area contributed by atoms with Crippen LogP contribution in [0.2, 0.25) is 0 Å². The second kappa shape index (κ2) is 9.16. The molecule has 0 fully saturated rings. The third-order valence-corrected chi connectivity index (χ3v) is 4.55. The summed E-state index contributed by atoms with van der Waals surface area (Å²) in [5.74, 6) is 0.591. The fraction of sp³-hybridized carbons (Fsp3) is 0.333. The summed E-state index contributed by atoms with van der Waals surface area (Å²) in [6.07, 6.45) is 7.32. The van der Waals surface area contributed by atoms with Crippen LogP contribution in [0.1, 0.15) is 23.6 Å². The molecule has 0 aliphatic heterocycles. The average molecular weight is 367 g/mol. The molecule has 3 N–H and O–H groups in total. The van der Waals surface area contributed by atoms with Gasteiger partial charge in [-0.15, -0.1) is 0 Å². The van der Waals surface area contributed by atoms with E-state index < -0.39 is 0 Å². The van der Waals surface area contributed by atoms with E-state index in [1.165, 1.54) is 17.2 Å². The van der Waals surface area contributed by atoms with Gasteiger partial charge in [0.1, 0.15) is 5.82 Å². The summed E-state index contributed by atoms with van der Waals surface area (Å²) in [7, 11) is 0. The van der Waals surface area contributed by atoms with E-state index >= 15 is 0 Å². The van der Waals surface area contributed by atoms with E-state index in [9.17, 15) is 4.39 Å². The Morgan fingerprint density at radius 3 is 2.89 bits per heavy atom. The maximum Gasteiger partial charge on any atom is 0.191 e. The van der Waals surface area contributed by atoms with Crippen LogP contribution in [0.25, 0.3) is 10.9 Å². The number of hydrogen-bond donors (Lipinski definition) is 3. The number of aromatic amines is 1. The number of H-pyrrole nitrogens is 1. The molecule has 142 valence electrons. The summed E-state index contributed by atoms with van der Waals surface area (Å²) in [5, 5.41) is 7.56. The lowest BCUT2D eigenvalue weighted by Crippen LogP contribution is -2.38. The summed E-state index contributed by atoms with van der Waals surface area (Å²) >= 11 is 0. The summed E-state index contributed by atoms with van der Waals surface area (Å²) in [5.41, 5.74) is 4.52. The molecule has 3 rings (SSSR count). The predicted octanol–water partition coefficient (Wildman–Crippen LogP) is 3.35. The Bertz CT molecular complexity index is 916. The van der Waals surface area contributed by atoms with Gasteiger partial charge in [0.05, 0.1) is 0 Å². The molecule has 0 radical (unpaired) electrons. The molecule has 5 nitrogen and oxygen atoms in total. The van der Waals surface area contributed by atoms with Gasteiger partial charge >= 0.3 is 0 Å². The molecule has 2 heterocycles. The smallest absolute Gasteiger partial charge is 0.191 e. The van der Waals surface area contributed by atoms with Crippen LogP contribution in [0.5, 0.6) is 0 Å². The van der Waals surface area contributed by atoms with Crippen molar-refractivity contribution in [3.05, 3.63) is 65.4 Å². The fourth-order valence-corrected chi connectivity index (χ4v) is 3.09. The number of nitrogens with one attached hydrogen (secondary N) is 3. The highest BCUT2D eigenvalue weighted by Crippen LogP contribution is 2.19. The summed E-state index contributed by atoms with van der Waals surface area (Å²) in [6.45, 7) is 6.35. The van der Waals surface area contributed by atoms with Gasteiger partial charge in [0.25, 0.3) is 0 Å². The summed E-state index contributed by atoms with van der Waals surface area (Å²) in [4.78, 5) is 12.0. The number of guanidine groups is 1. The molecular formula is C21H26FN5. The van der Waals surface area contributed by atoms with Gasteiger partial charge in [-0.3, -0.25) is 9.98 Å². The maximum atomic E-state index is 13.5. The maximum absolute atomic E-state index is 13.5. The van der Waals surface area contributed by atoms with E-state index in [0.29, 0.717) is 6.54 Å². The van der Waals surface area contributed by atoms with Gasteiger partial charge in [-0.25, -0.2) is 4.39 Å². The predicted molar refractivity (Wildman–Crippen MR) is 109 cm³/mol. The Morgan fingerprint density at radius 2 is 2.07 bits per heavy atom. The molecule has 0 saturated heterocycles. The van der Waals surface area contributed by atoms with Crippen molar-refractivity contribution in [1.82, 2.24) is 20.6 Å². The first-order valence-electron chi connectivity index (χ1n) is 9.34. The first-order chi connectivity index (χ1) is 13.2. The quantitative estimate of drug-likeness (QED) is 0.443. The van der Waals surface area contributed by atoms with Gasteiger partial charge < -0.3 is 15.6 Å². The molecule has 6 heteroatoms. The van der Waals surface area contributed by atoms with Gasteiger partial charge in [-0.05, 0) is 67.6 Å². The molecule has 0 unspecified atom stereocenters. The van der Waals surface area contributed by atoms with Gasteiger partial charge in [0.2, 0.25) is 0 Å². The number of aliphatic imine (C=N–C) groups is 1. The molecular weight excluding hydrogens is 341 g/mol. The number of pyridine rings is 1. The number of nitrogens with zero attached hydrogens (tertiary/aromatic N) is 2. The van der Waals surface area contributed by atoms with E-state index in [0.717, 1.165) is 48.4 Å². The molecule has 0 aliphatic rings. The highest BCUT2D eigenvalue weighted by molar-refractivity contribution is 5.83. The number of fused-ring (bicyclic) bond motifs is 1. The Hall–Kier alpha value is -2.89. The standard InChI is InChI=1S/C21H26FN5/c1-3-24-21(25-10-7-16-6-9-23-13-15(16)2)26-11-8-17-14-27-20-5-4-18(22)12-19(17)20/h4-6,9,12-14,27H,3,7-8,10-11H2,1-2H3,(H2,24,25,26). The van der Waals surface area contributed by atoms with Crippen molar-refractivity contribution in [1.29, 1.82) is 0 Å². The number of halogens is 1. The minimum atomic E-state index is -0.211.